The maximum atomic E-state index is 13.3. The zero-order valence-electron chi connectivity index (χ0n) is 19.3. The highest BCUT2D eigenvalue weighted by Crippen LogP contribution is 2.32. The van der Waals surface area contributed by atoms with Crippen LogP contribution in [0.5, 0.6) is 5.75 Å². The molecule has 2 atom stereocenters. The molecule has 2 aliphatic rings. The maximum Gasteiger partial charge on any atom is 0.251 e. The van der Waals surface area contributed by atoms with E-state index in [2.05, 4.69) is 31.4 Å². The van der Waals surface area contributed by atoms with Gasteiger partial charge in [-0.2, -0.15) is 0 Å². The summed E-state index contributed by atoms with van der Waals surface area (Å²) in [7, 11) is 1.66. The topological polar surface area (TPSA) is 70.8 Å². The van der Waals surface area contributed by atoms with Crippen molar-refractivity contribution in [2.75, 3.05) is 7.11 Å². The fourth-order valence-corrected chi connectivity index (χ4v) is 4.53. The number of ether oxygens (including phenoxy) is 1. The predicted molar refractivity (Wildman–Crippen MR) is 125 cm³/mol. The molecule has 1 saturated heterocycles. The second-order valence-electron chi connectivity index (χ2n) is 8.72. The number of nitrogens with one attached hydrogen (secondary N) is 1. The molecule has 1 amide bonds. The lowest BCUT2D eigenvalue weighted by Gasteiger charge is -2.31. The first-order valence-electron chi connectivity index (χ1n) is 11.1. The Morgan fingerprint density at radius 2 is 1.91 bits per heavy atom. The van der Waals surface area contributed by atoms with Gasteiger partial charge in [0, 0.05) is 18.0 Å². The van der Waals surface area contributed by atoms with Crippen LogP contribution in [0, 0.1) is 20.8 Å². The smallest absolute Gasteiger partial charge is 0.251 e. The van der Waals surface area contributed by atoms with Crippen molar-refractivity contribution in [3.63, 3.8) is 0 Å². The molecule has 2 aliphatic heterocycles. The van der Waals surface area contributed by atoms with Gasteiger partial charge in [-0.25, -0.2) is 10.4 Å². The number of methoxy groups -OCH3 is 1. The van der Waals surface area contributed by atoms with Gasteiger partial charge in [-0.3, -0.25) is 4.79 Å². The van der Waals surface area contributed by atoms with Crippen molar-refractivity contribution < 1.29 is 13.9 Å². The number of aryl methyl sites for hydroxylation is 3. The quantitative estimate of drug-likeness (QED) is 0.629. The number of carbonyl (C=O) groups excluding carboxylic acids is 1. The molecule has 3 aromatic rings. The molecule has 7 heteroatoms. The molecule has 5 rings (SSSR count). The first kappa shape index (κ1) is 21.3. The van der Waals surface area contributed by atoms with Crippen LogP contribution in [0.3, 0.4) is 0 Å². The number of fused-ring (bicyclic) bond motifs is 1. The molecule has 0 bridgehead atoms. The Kier molecular flexibility index (Phi) is 5.42. The van der Waals surface area contributed by atoms with Crippen molar-refractivity contribution in [1.82, 2.24) is 20.3 Å². The molecular weight excluding hydrogens is 416 g/mol. The van der Waals surface area contributed by atoms with E-state index < -0.39 is 0 Å². The van der Waals surface area contributed by atoms with Gasteiger partial charge in [-0.05, 0) is 56.5 Å². The summed E-state index contributed by atoms with van der Waals surface area (Å²) in [5.74, 6) is 2.20. The van der Waals surface area contributed by atoms with E-state index in [1.165, 1.54) is 5.56 Å². The highest BCUT2D eigenvalue weighted by atomic mass is 16.5. The number of carbonyl (C=O) groups is 1. The summed E-state index contributed by atoms with van der Waals surface area (Å²) in [4.78, 5) is 19.7. The lowest BCUT2D eigenvalue weighted by atomic mass is 10.0. The third-order valence-electron chi connectivity index (χ3n) is 6.42. The van der Waals surface area contributed by atoms with Crippen LogP contribution in [0.1, 0.15) is 40.6 Å². The van der Waals surface area contributed by atoms with Gasteiger partial charge in [0.05, 0.1) is 19.7 Å². The van der Waals surface area contributed by atoms with Crippen LogP contribution >= 0.6 is 0 Å². The van der Waals surface area contributed by atoms with Crippen LogP contribution in [-0.4, -0.2) is 34.0 Å². The van der Waals surface area contributed by atoms with Crippen molar-refractivity contribution in [3.05, 3.63) is 83.0 Å². The lowest BCUT2D eigenvalue weighted by molar-refractivity contribution is -0.135. The Hall–Kier alpha value is -3.58. The molecule has 0 aliphatic carbocycles. The zero-order chi connectivity index (χ0) is 23.1. The minimum Gasteiger partial charge on any atom is -0.497 e. The normalized spacial score (nSPS) is 19.8. The van der Waals surface area contributed by atoms with E-state index in [0.29, 0.717) is 18.9 Å². The number of hydrazine groups is 1. The van der Waals surface area contributed by atoms with Crippen molar-refractivity contribution in [2.45, 2.75) is 45.8 Å². The predicted octanol–water partition coefficient (Wildman–Crippen LogP) is 4.41. The average molecular weight is 445 g/mol. The number of benzene rings is 2. The van der Waals surface area contributed by atoms with Gasteiger partial charge in [0.2, 0.25) is 5.89 Å². The van der Waals surface area contributed by atoms with E-state index in [9.17, 15) is 4.79 Å². The van der Waals surface area contributed by atoms with Crippen molar-refractivity contribution in [1.29, 1.82) is 0 Å². The molecule has 170 valence electrons. The van der Waals surface area contributed by atoms with E-state index in [1.807, 2.05) is 54.7 Å². The Balaban J connectivity index is 1.31. The zero-order valence-corrected chi connectivity index (χ0v) is 19.3. The maximum absolute atomic E-state index is 13.3. The first-order chi connectivity index (χ1) is 15.9. The summed E-state index contributed by atoms with van der Waals surface area (Å²) in [6.07, 6.45) is 4.43. The van der Waals surface area contributed by atoms with Crippen LogP contribution < -0.4 is 10.2 Å². The summed E-state index contributed by atoms with van der Waals surface area (Å²) < 4.78 is 11.2. The minimum absolute atomic E-state index is 0.0523. The highest BCUT2D eigenvalue weighted by Gasteiger charge is 2.40. The van der Waals surface area contributed by atoms with Gasteiger partial charge in [0.15, 0.2) is 0 Å². The van der Waals surface area contributed by atoms with Crippen molar-refractivity contribution in [2.24, 2.45) is 0 Å². The third kappa shape index (κ3) is 4.00. The second kappa shape index (κ2) is 8.41. The van der Waals surface area contributed by atoms with Crippen molar-refractivity contribution >= 4 is 5.91 Å². The highest BCUT2D eigenvalue weighted by molar-refractivity contribution is 5.84. The molecule has 7 nitrogen and oxygen atoms in total. The molecule has 33 heavy (non-hydrogen) atoms. The van der Waals surface area contributed by atoms with Crippen LogP contribution in [0.2, 0.25) is 0 Å². The SMILES string of the molecule is COc1ccc(C2CC3C(=O)N(Cc4nc(-c5ccc(C)cc5C)oc4C)C=CN3N2)cc1. The summed E-state index contributed by atoms with van der Waals surface area (Å²) in [5, 5.41) is 1.91. The molecule has 1 fully saturated rings. The van der Waals surface area contributed by atoms with E-state index in [0.717, 1.165) is 33.9 Å². The molecule has 2 unspecified atom stereocenters. The summed E-state index contributed by atoms with van der Waals surface area (Å²) >= 11 is 0. The van der Waals surface area contributed by atoms with E-state index in [1.54, 1.807) is 12.0 Å². The van der Waals surface area contributed by atoms with Crippen molar-refractivity contribution in [3.8, 4) is 17.2 Å². The lowest BCUT2D eigenvalue weighted by Crippen LogP contribution is -2.47. The Morgan fingerprint density at radius 1 is 1.12 bits per heavy atom. The largest absolute Gasteiger partial charge is 0.497 e. The van der Waals surface area contributed by atoms with Crippen LogP contribution in [-0.2, 0) is 11.3 Å². The fraction of sp³-hybridized carbons (Fsp3) is 0.308. The van der Waals surface area contributed by atoms with Gasteiger partial charge in [0.25, 0.3) is 5.91 Å². The third-order valence-corrected chi connectivity index (χ3v) is 6.42. The molecular formula is C26H28N4O3. The molecule has 1 aromatic heterocycles. The Bertz CT molecular complexity index is 1210. The number of nitrogens with zero attached hydrogens (tertiary/aromatic N) is 3. The fourth-order valence-electron chi connectivity index (χ4n) is 4.53. The van der Waals surface area contributed by atoms with E-state index in [-0.39, 0.29) is 18.0 Å². The van der Waals surface area contributed by atoms with E-state index >= 15 is 0 Å². The summed E-state index contributed by atoms with van der Waals surface area (Å²) in [6, 6.07) is 14.0. The number of rotatable bonds is 5. The average Bonchev–Trinajstić information content (AvgIpc) is 3.40. The number of amides is 1. The van der Waals surface area contributed by atoms with Crippen LogP contribution in [0.15, 0.2) is 59.3 Å². The Labute approximate surface area is 193 Å². The molecule has 0 spiro atoms. The summed E-state index contributed by atoms with van der Waals surface area (Å²) in [6.45, 7) is 6.40. The van der Waals surface area contributed by atoms with Gasteiger partial charge < -0.3 is 19.1 Å². The molecule has 2 aromatic carbocycles. The number of hydrogen-bond acceptors (Lipinski definition) is 6. The molecule has 0 saturated carbocycles. The van der Waals surface area contributed by atoms with Gasteiger partial charge in [-0.15, -0.1) is 0 Å². The van der Waals surface area contributed by atoms with Crippen LogP contribution in [0.4, 0.5) is 0 Å². The Morgan fingerprint density at radius 3 is 2.64 bits per heavy atom. The summed E-state index contributed by atoms with van der Waals surface area (Å²) in [5.41, 5.74) is 8.63. The number of oxazole rings is 1. The standard InChI is InChI=1S/C26H28N4O3/c1-16-5-10-21(17(2)13-16)25-27-23(18(3)33-25)15-29-11-12-30-24(26(29)31)14-22(28-30)19-6-8-20(32-4)9-7-19/h5-13,22,24,28H,14-15H2,1-4H3. The monoisotopic (exact) mass is 444 g/mol. The molecule has 3 heterocycles. The number of aromatic nitrogens is 1. The van der Waals surface area contributed by atoms with Gasteiger partial charge in [0.1, 0.15) is 23.2 Å². The van der Waals surface area contributed by atoms with Gasteiger partial charge >= 0.3 is 0 Å². The molecule has 1 N–H and O–H groups in total. The van der Waals surface area contributed by atoms with Crippen LogP contribution in [0.25, 0.3) is 11.5 Å². The second-order valence-corrected chi connectivity index (χ2v) is 8.72. The van der Waals surface area contributed by atoms with Gasteiger partial charge in [-0.1, -0.05) is 29.8 Å². The molecule has 0 radical (unpaired) electrons. The minimum atomic E-state index is -0.256. The number of hydrogen-bond donors (Lipinski definition) is 1. The first-order valence-corrected chi connectivity index (χ1v) is 11.1. The van der Waals surface area contributed by atoms with E-state index in [4.69, 9.17) is 14.1 Å².